The van der Waals surface area contributed by atoms with Crippen LogP contribution in [0.1, 0.15) is 34.6 Å². The summed E-state index contributed by atoms with van der Waals surface area (Å²) >= 11 is 2.30. The van der Waals surface area contributed by atoms with E-state index in [0.29, 0.717) is 47.1 Å². The zero-order chi connectivity index (χ0) is 21.9. The molecule has 0 aliphatic heterocycles. The average molecular weight is 447 g/mol. The third-order valence-corrected chi connectivity index (χ3v) is 5.32. The lowest BCUT2D eigenvalue weighted by Crippen LogP contribution is -2.26. The molecule has 2 aromatic rings. The average Bonchev–Trinajstić information content (AvgIpc) is 2.74. The fourth-order valence-electron chi connectivity index (χ4n) is 2.35. The number of rotatable bonds is 9. The SMILES string of the molecule is CC(=O)SCCNC(=O)c1ccnc(-c2cc(C(=O)NCCSC(C)=O)ccn2)c1. The number of nitrogens with zero attached hydrogens (tertiary/aromatic N) is 2. The largest absolute Gasteiger partial charge is 0.351 e. The maximum atomic E-state index is 12.3. The molecule has 0 atom stereocenters. The predicted octanol–water partition coefficient (Wildman–Crippen LogP) is 2.16. The molecule has 0 aliphatic carbocycles. The van der Waals surface area contributed by atoms with Crippen molar-refractivity contribution in [3.05, 3.63) is 47.8 Å². The first kappa shape index (κ1) is 23.6. The van der Waals surface area contributed by atoms with Gasteiger partial charge in [0, 0.05) is 62.0 Å². The molecule has 2 aromatic heterocycles. The Balaban J connectivity index is 2.02. The predicted molar refractivity (Wildman–Crippen MR) is 118 cm³/mol. The zero-order valence-electron chi connectivity index (χ0n) is 16.6. The van der Waals surface area contributed by atoms with Gasteiger partial charge in [0.1, 0.15) is 0 Å². The molecule has 30 heavy (non-hydrogen) atoms. The number of thioether (sulfide) groups is 2. The summed E-state index contributed by atoms with van der Waals surface area (Å²) in [5, 5.41) is 5.50. The van der Waals surface area contributed by atoms with Gasteiger partial charge in [-0.1, -0.05) is 23.5 Å². The van der Waals surface area contributed by atoms with Crippen LogP contribution in [-0.4, -0.2) is 56.6 Å². The number of hydrogen-bond acceptors (Lipinski definition) is 8. The highest BCUT2D eigenvalue weighted by Gasteiger charge is 2.11. The maximum absolute atomic E-state index is 12.3. The summed E-state index contributed by atoms with van der Waals surface area (Å²) in [6, 6.07) is 6.36. The van der Waals surface area contributed by atoms with E-state index in [2.05, 4.69) is 20.6 Å². The molecule has 0 aromatic carbocycles. The lowest BCUT2D eigenvalue weighted by atomic mass is 10.1. The molecule has 8 nitrogen and oxygen atoms in total. The highest BCUT2D eigenvalue weighted by atomic mass is 32.2. The van der Waals surface area contributed by atoms with E-state index in [9.17, 15) is 19.2 Å². The fourth-order valence-corrected chi connectivity index (χ4v) is 3.33. The smallest absolute Gasteiger partial charge is 0.251 e. The van der Waals surface area contributed by atoms with Crippen LogP contribution in [0.25, 0.3) is 11.4 Å². The number of carbonyl (C=O) groups is 4. The first-order valence-electron chi connectivity index (χ1n) is 9.12. The van der Waals surface area contributed by atoms with E-state index >= 15 is 0 Å². The van der Waals surface area contributed by atoms with Crippen LogP contribution in [0.5, 0.6) is 0 Å². The molecule has 0 aliphatic rings. The normalized spacial score (nSPS) is 10.3. The molecule has 0 saturated heterocycles. The van der Waals surface area contributed by atoms with E-state index in [1.807, 2.05) is 0 Å². The van der Waals surface area contributed by atoms with E-state index in [-0.39, 0.29) is 22.0 Å². The number of amides is 2. The molecule has 158 valence electrons. The van der Waals surface area contributed by atoms with E-state index < -0.39 is 0 Å². The number of nitrogens with one attached hydrogen (secondary N) is 2. The van der Waals surface area contributed by atoms with Crippen molar-refractivity contribution in [2.75, 3.05) is 24.6 Å². The van der Waals surface area contributed by atoms with Gasteiger partial charge in [0.15, 0.2) is 10.2 Å². The second kappa shape index (κ2) is 12.1. The monoisotopic (exact) mass is 446 g/mol. The van der Waals surface area contributed by atoms with Crippen LogP contribution in [0.2, 0.25) is 0 Å². The Morgan fingerprint density at radius 2 is 1.17 bits per heavy atom. The van der Waals surface area contributed by atoms with Crippen LogP contribution in [0.15, 0.2) is 36.7 Å². The molecule has 0 fully saturated rings. The van der Waals surface area contributed by atoms with Gasteiger partial charge in [-0.15, -0.1) is 0 Å². The number of hydrogen-bond donors (Lipinski definition) is 2. The third kappa shape index (κ3) is 7.96. The minimum Gasteiger partial charge on any atom is -0.351 e. The van der Waals surface area contributed by atoms with Crippen LogP contribution in [0, 0.1) is 0 Å². The molecule has 0 radical (unpaired) electrons. The first-order valence-corrected chi connectivity index (χ1v) is 11.1. The second-order valence-electron chi connectivity index (χ2n) is 6.05. The molecular weight excluding hydrogens is 424 g/mol. The number of aromatic nitrogens is 2. The van der Waals surface area contributed by atoms with Crippen LogP contribution in [0.3, 0.4) is 0 Å². The Labute approximate surface area is 183 Å². The second-order valence-corrected chi connectivity index (χ2v) is 8.60. The van der Waals surface area contributed by atoms with Gasteiger partial charge in [0.2, 0.25) is 0 Å². The van der Waals surface area contributed by atoms with Crippen molar-refractivity contribution in [1.82, 2.24) is 20.6 Å². The minimum atomic E-state index is -0.278. The van der Waals surface area contributed by atoms with Crippen molar-refractivity contribution in [3.63, 3.8) is 0 Å². The summed E-state index contributed by atoms with van der Waals surface area (Å²) in [6.07, 6.45) is 3.00. The van der Waals surface area contributed by atoms with Gasteiger partial charge in [-0.3, -0.25) is 29.1 Å². The summed E-state index contributed by atoms with van der Waals surface area (Å²) in [5.41, 5.74) is 1.74. The summed E-state index contributed by atoms with van der Waals surface area (Å²) in [6.45, 7) is 3.70. The molecule has 2 amide bonds. The Kier molecular flexibility index (Phi) is 9.49. The number of carbonyl (C=O) groups excluding carboxylic acids is 4. The van der Waals surface area contributed by atoms with Gasteiger partial charge < -0.3 is 10.6 Å². The van der Waals surface area contributed by atoms with Crippen LogP contribution < -0.4 is 10.6 Å². The molecule has 2 rings (SSSR count). The lowest BCUT2D eigenvalue weighted by Gasteiger charge is -2.08. The van der Waals surface area contributed by atoms with Crippen LogP contribution in [0.4, 0.5) is 0 Å². The minimum absolute atomic E-state index is 0.00282. The Morgan fingerprint density at radius 1 is 0.767 bits per heavy atom. The molecule has 10 heteroatoms. The van der Waals surface area contributed by atoms with E-state index in [1.165, 1.54) is 26.2 Å². The molecular formula is C20H22N4O4S2. The van der Waals surface area contributed by atoms with Crippen molar-refractivity contribution in [1.29, 1.82) is 0 Å². The number of pyridine rings is 2. The van der Waals surface area contributed by atoms with E-state index in [0.717, 1.165) is 23.5 Å². The third-order valence-electron chi connectivity index (χ3n) is 3.69. The lowest BCUT2D eigenvalue weighted by molar-refractivity contribution is -0.109. The highest BCUT2D eigenvalue weighted by Crippen LogP contribution is 2.17. The van der Waals surface area contributed by atoms with Gasteiger partial charge in [-0.25, -0.2) is 0 Å². The summed E-state index contributed by atoms with van der Waals surface area (Å²) in [7, 11) is 0. The Bertz CT molecular complexity index is 861. The van der Waals surface area contributed by atoms with Gasteiger partial charge in [0.05, 0.1) is 11.4 Å². The summed E-state index contributed by atoms with van der Waals surface area (Å²) in [4.78, 5) is 54.9. The van der Waals surface area contributed by atoms with Crippen molar-refractivity contribution in [2.45, 2.75) is 13.8 Å². The van der Waals surface area contributed by atoms with Crippen molar-refractivity contribution in [2.24, 2.45) is 0 Å². The molecule has 2 heterocycles. The Morgan fingerprint density at radius 3 is 1.53 bits per heavy atom. The van der Waals surface area contributed by atoms with Gasteiger partial charge >= 0.3 is 0 Å². The van der Waals surface area contributed by atoms with Crippen molar-refractivity contribution in [3.8, 4) is 11.4 Å². The highest BCUT2D eigenvalue weighted by molar-refractivity contribution is 8.13. The van der Waals surface area contributed by atoms with Gasteiger partial charge in [-0.05, 0) is 24.3 Å². The molecule has 2 N–H and O–H groups in total. The quantitative estimate of drug-likeness (QED) is 0.563. The van der Waals surface area contributed by atoms with Gasteiger partial charge in [0.25, 0.3) is 11.8 Å². The molecule has 0 spiro atoms. The van der Waals surface area contributed by atoms with Crippen LogP contribution >= 0.6 is 23.5 Å². The topological polar surface area (TPSA) is 118 Å². The van der Waals surface area contributed by atoms with Crippen LogP contribution in [-0.2, 0) is 9.59 Å². The first-order chi connectivity index (χ1) is 14.4. The molecule has 0 unspecified atom stereocenters. The van der Waals surface area contributed by atoms with E-state index in [4.69, 9.17) is 0 Å². The summed E-state index contributed by atoms with van der Waals surface area (Å²) < 4.78 is 0. The summed E-state index contributed by atoms with van der Waals surface area (Å²) in [5.74, 6) is 0.449. The Hall–Kier alpha value is -2.72. The van der Waals surface area contributed by atoms with Crippen molar-refractivity contribution >= 4 is 45.6 Å². The van der Waals surface area contributed by atoms with Gasteiger partial charge in [-0.2, -0.15) is 0 Å². The molecule has 0 saturated carbocycles. The molecule has 0 bridgehead atoms. The zero-order valence-corrected chi connectivity index (χ0v) is 18.3. The standard InChI is InChI=1S/C20H22N4O4S2/c1-13(25)29-9-7-23-19(27)15-3-5-21-17(11-15)18-12-16(4-6-22-18)20(28)24-8-10-30-14(2)26/h3-6,11-12H,7-10H2,1-2H3,(H,23,27)(H,24,28). The van der Waals surface area contributed by atoms with E-state index in [1.54, 1.807) is 24.3 Å². The maximum Gasteiger partial charge on any atom is 0.251 e. The van der Waals surface area contributed by atoms with Crippen molar-refractivity contribution < 1.29 is 19.2 Å². The fraction of sp³-hybridized carbons (Fsp3) is 0.300.